The van der Waals surface area contributed by atoms with Crippen molar-refractivity contribution >= 4 is 23.5 Å². The topological polar surface area (TPSA) is 86.2 Å². The maximum absolute atomic E-state index is 10.7. The quantitative estimate of drug-likeness (QED) is 0.490. The van der Waals surface area contributed by atoms with E-state index in [1.807, 2.05) is 0 Å². The van der Waals surface area contributed by atoms with Gasteiger partial charge in [0.15, 0.2) is 11.6 Å². The summed E-state index contributed by atoms with van der Waals surface area (Å²) in [5.41, 5.74) is 0.423. The highest BCUT2D eigenvalue weighted by atomic mass is 35.5. The van der Waals surface area contributed by atoms with Crippen molar-refractivity contribution in [3.8, 4) is 0 Å². The van der Waals surface area contributed by atoms with E-state index in [0.29, 0.717) is 22.2 Å². The number of halogens is 1. The van der Waals surface area contributed by atoms with Gasteiger partial charge in [0.05, 0.1) is 11.1 Å². The lowest BCUT2D eigenvalue weighted by Crippen LogP contribution is -1.97. The van der Waals surface area contributed by atoms with Gasteiger partial charge in [-0.3, -0.25) is 10.1 Å². The average Bonchev–Trinajstić information content (AvgIpc) is 2.68. The maximum Gasteiger partial charge on any atom is 0.270 e. The van der Waals surface area contributed by atoms with Gasteiger partial charge in [0.1, 0.15) is 0 Å². The Kier molecular flexibility index (Phi) is 3.57. The molecule has 1 aromatic heterocycles. The second-order valence-electron chi connectivity index (χ2n) is 3.81. The highest BCUT2D eigenvalue weighted by Crippen LogP contribution is 2.20. The van der Waals surface area contributed by atoms with Crippen molar-refractivity contribution in [3.63, 3.8) is 0 Å². The van der Waals surface area contributed by atoms with Crippen molar-refractivity contribution in [1.29, 1.82) is 0 Å². The predicted molar refractivity (Wildman–Crippen MR) is 70.6 cm³/mol. The summed E-state index contributed by atoms with van der Waals surface area (Å²) in [5, 5.41) is 23.0. The minimum Gasteiger partial charge on any atom is -0.258 e. The van der Waals surface area contributed by atoms with Crippen molar-refractivity contribution in [1.82, 2.24) is 14.9 Å². The molecule has 2 rings (SSSR count). The average molecular weight is 280 g/mol. The number of hydrogen-bond donors (Lipinski definition) is 0. The smallest absolute Gasteiger partial charge is 0.258 e. The highest BCUT2D eigenvalue weighted by Gasteiger charge is 2.09. The van der Waals surface area contributed by atoms with E-state index in [1.165, 1.54) is 29.1 Å². The summed E-state index contributed by atoms with van der Waals surface area (Å²) in [6.45, 7) is 3.51. The van der Waals surface area contributed by atoms with Gasteiger partial charge in [-0.1, -0.05) is 11.6 Å². The summed E-state index contributed by atoms with van der Waals surface area (Å²) in [5.74, 6) is 1.24. The molecule has 0 saturated heterocycles. The van der Waals surface area contributed by atoms with Crippen LogP contribution in [0.15, 0.2) is 23.3 Å². The lowest BCUT2D eigenvalue weighted by atomic mass is 10.2. The molecule has 2 aromatic rings. The van der Waals surface area contributed by atoms with Gasteiger partial charge in [-0.05, 0) is 19.9 Å². The van der Waals surface area contributed by atoms with Gasteiger partial charge in [-0.2, -0.15) is 5.10 Å². The molecule has 0 bridgehead atoms. The minimum atomic E-state index is -0.483. The molecule has 0 amide bonds. The van der Waals surface area contributed by atoms with E-state index in [-0.39, 0.29) is 5.69 Å². The molecule has 0 spiro atoms. The monoisotopic (exact) mass is 279 g/mol. The van der Waals surface area contributed by atoms with E-state index < -0.39 is 4.92 Å². The molecule has 7 nitrogen and oxygen atoms in total. The first kappa shape index (κ1) is 13.2. The molecule has 0 N–H and O–H groups in total. The van der Waals surface area contributed by atoms with Crippen LogP contribution >= 0.6 is 11.6 Å². The number of non-ortho nitro benzene ring substituents is 1. The maximum atomic E-state index is 10.7. The molecule has 8 heteroatoms. The van der Waals surface area contributed by atoms with Crippen molar-refractivity contribution in [2.45, 2.75) is 13.8 Å². The summed E-state index contributed by atoms with van der Waals surface area (Å²) >= 11 is 5.97. The van der Waals surface area contributed by atoms with E-state index in [4.69, 9.17) is 11.6 Å². The first-order chi connectivity index (χ1) is 8.99. The van der Waals surface area contributed by atoms with Gasteiger partial charge in [-0.25, -0.2) is 4.68 Å². The van der Waals surface area contributed by atoms with Crippen LogP contribution in [0.4, 0.5) is 5.69 Å². The van der Waals surface area contributed by atoms with Crippen LogP contribution in [0.25, 0.3) is 0 Å². The molecule has 0 radical (unpaired) electrons. The third-order valence-electron chi connectivity index (χ3n) is 2.46. The Morgan fingerprint density at radius 3 is 2.58 bits per heavy atom. The lowest BCUT2D eigenvalue weighted by molar-refractivity contribution is -0.384. The van der Waals surface area contributed by atoms with Gasteiger partial charge >= 0.3 is 0 Å². The van der Waals surface area contributed by atoms with E-state index in [2.05, 4.69) is 15.3 Å². The minimum absolute atomic E-state index is 0.0388. The SMILES string of the molecule is Cc1nnc(C)n1/N=C\c1cc([N+](=O)[O-])ccc1Cl. The van der Waals surface area contributed by atoms with Crippen molar-refractivity contribution < 1.29 is 4.92 Å². The zero-order chi connectivity index (χ0) is 14.0. The standard InChI is InChI=1S/C11H10ClN5O2/c1-7-14-15-8(2)16(7)13-6-9-5-10(17(18)19)3-4-11(9)12/h3-6H,1-2H3/b13-6-. The Hall–Kier alpha value is -2.28. The van der Waals surface area contributed by atoms with Crippen LogP contribution < -0.4 is 0 Å². The van der Waals surface area contributed by atoms with Gasteiger partial charge in [-0.15, -0.1) is 10.2 Å². The molecular formula is C11H10ClN5O2. The fourth-order valence-corrected chi connectivity index (χ4v) is 1.66. The second-order valence-corrected chi connectivity index (χ2v) is 4.22. The van der Waals surface area contributed by atoms with Crippen LogP contribution in [-0.4, -0.2) is 26.0 Å². The van der Waals surface area contributed by atoms with Crippen LogP contribution in [0.1, 0.15) is 17.2 Å². The molecule has 19 heavy (non-hydrogen) atoms. The highest BCUT2D eigenvalue weighted by molar-refractivity contribution is 6.33. The number of aryl methyl sites for hydroxylation is 2. The molecule has 0 atom stereocenters. The Bertz CT molecular complexity index is 646. The number of hydrogen-bond acceptors (Lipinski definition) is 5. The number of nitro benzene ring substituents is 1. The summed E-state index contributed by atoms with van der Waals surface area (Å²) < 4.78 is 1.52. The zero-order valence-electron chi connectivity index (χ0n) is 10.2. The van der Waals surface area contributed by atoms with E-state index in [1.54, 1.807) is 13.8 Å². The molecule has 98 valence electrons. The third-order valence-corrected chi connectivity index (χ3v) is 2.80. The molecule has 1 heterocycles. The first-order valence-corrected chi connectivity index (χ1v) is 5.74. The normalized spacial score (nSPS) is 11.1. The summed E-state index contributed by atoms with van der Waals surface area (Å²) in [4.78, 5) is 10.2. The molecule has 0 aliphatic heterocycles. The lowest BCUT2D eigenvalue weighted by Gasteiger charge is -2.00. The summed E-state index contributed by atoms with van der Waals surface area (Å²) in [7, 11) is 0. The zero-order valence-corrected chi connectivity index (χ0v) is 11.0. The van der Waals surface area contributed by atoms with Crippen LogP contribution in [0.2, 0.25) is 5.02 Å². The molecule has 0 saturated carbocycles. The number of benzene rings is 1. The number of nitrogens with zero attached hydrogens (tertiary/aromatic N) is 5. The summed E-state index contributed by atoms with van der Waals surface area (Å²) in [6.07, 6.45) is 1.44. The van der Waals surface area contributed by atoms with Gasteiger partial charge in [0.2, 0.25) is 0 Å². The van der Waals surface area contributed by atoms with Crippen LogP contribution in [-0.2, 0) is 0 Å². The fraction of sp³-hybridized carbons (Fsp3) is 0.182. The number of rotatable bonds is 3. The molecular weight excluding hydrogens is 270 g/mol. The van der Waals surface area contributed by atoms with E-state index in [9.17, 15) is 10.1 Å². The Balaban J connectivity index is 2.38. The molecule has 0 aliphatic carbocycles. The van der Waals surface area contributed by atoms with E-state index >= 15 is 0 Å². The molecule has 0 unspecified atom stereocenters. The predicted octanol–water partition coefficient (Wildman–Crippen LogP) is 2.34. The molecule has 0 fully saturated rings. The van der Waals surface area contributed by atoms with Crippen LogP contribution in [0, 0.1) is 24.0 Å². The Morgan fingerprint density at radius 1 is 1.37 bits per heavy atom. The number of aromatic nitrogens is 3. The second kappa shape index (κ2) is 5.15. The van der Waals surface area contributed by atoms with E-state index in [0.717, 1.165) is 0 Å². The van der Waals surface area contributed by atoms with Crippen LogP contribution in [0.3, 0.4) is 0 Å². The Labute approximate surface area is 113 Å². The van der Waals surface area contributed by atoms with Gasteiger partial charge in [0.25, 0.3) is 5.69 Å². The van der Waals surface area contributed by atoms with Gasteiger partial charge < -0.3 is 0 Å². The van der Waals surface area contributed by atoms with Crippen molar-refractivity contribution in [3.05, 3.63) is 50.5 Å². The third kappa shape index (κ3) is 2.76. The van der Waals surface area contributed by atoms with Crippen LogP contribution in [0.5, 0.6) is 0 Å². The summed E-state index contributed by atoms with van der Waals surface area (Å²) in [6, 6.07) is 4.17. The van der Waals surface area contributed by atoms with Gasteiger partial charge in [0, 0.05) is 22.7 Å². The Morgan fingerprint density at radius 2 is 2.00 bits per heavy atom. The van der Waals surface area contributed by atoms with Crippen molar-refractivity contribution in [2.24, 2.45) is 5.10 Å². The largest absolute Gasteiger partial charge is 0.270 e. The van der Waals surface area contributed by atoms with Crippen molar-refractivity contribution in [2.75, 3.05) is 0 Å². The molecule has 0 aliphatic rings. The fourth-order valence-electron chi connectivity index (χ4n) is 1.49. The number of nitro groups is 1. The first-order valence-electron chi connectivity index (χ1n) is 5.36. The molecule has 1 aromatic carbocycles.